The summed E-state index contributed by atoms with van der Waals surface area (Å²) in [4.78, 5) is 24.5. The normalized spacial score (nSPS) is 14.0. The van der Waals surface area contributed by atoms with Gasteiger partial charge in [0.25, 0.3) is 5.91 Å². The molecule has 0 aliphatic carbocycles. The van der Waals surface area contributed by atoms with Crippen LogP contribution in [0.4, 0.5) is 11.6 Å². The number of nitrogens with one attached hydrogen (secondary N) is 2. The van der Waals surface area contributed by atoms with Crippen molar-refractivity contribution >= 4 is 28.4 Å². The van der Waals surface area contributed by atoms with Crippen LogP contribution >= 0.6 is 0 Å². The van der Waals surface area contributed by atoms with E-state index in [-0.39, 0.29) is 5.91 Å². The number of rotatable bonds is 10. The number of carbonyl (C=O) groups excluding carboxylic acids is 1. The second-order valence-corrected chi connectivity index (χ2v) is 9.19. The van der Waals surface area contributed by atoms with E-state index < -0.39 is 0 Å². The summed E-state index contributed by atoms with van der Waals surface area (Å²) < 4.78 is 5.51. The van der Waals surface area contributed by atoms with Gasteiger partial charge in [0.1, 0.15) is 5.75 Å². The van der Waals surface area contributed by atoms with E-state index in [0.29, 0.717) is 35.4 Å². The molecule has 2 N–H and O–H groups in total. The zero-order chi connectivity index (χ0) is 23.9. The third-order valence-electron chi connectivity index (χ3n) is 6.36. The van der Waals surface area contributed by atoms with Crippen molar-refractivity contribution in [1.82, 2.24) is 20.2 Å². The number of likely N-dealkylation sites (tertiary alicyclic amines) is 1. The SMILES string of the molecule is COc1ccc(C(=O)NCCCCN2CCCC2)cc1Nc1ncc2cccc(C(C)C)c2n1. The van der Waals surface area contributed by atoms with Crippen LogP contribution in [-0.2, 0) is 0 Å². The van der Waals surface area contributed by atoms with Crippen LogP contribution in [-0.4, -0.2) is 54.1 Å². The summed E-state index contributed by atoms with van der Waals surface area (Å²) >= 11 is 0. The summed E-state index contributed by atoms with van der Waals surface area (Å²) in [7, 11) is 1.61. The topological polar surface area (TPSA) is 79.4 Å². The van der Waals surface area contributed by atoms with Gasteiger partial charge in [-0.2, -0.15) is 0 Å². The summed E-state index contributed by atoms with van der Waals surface area (Å²) in [5, 5.41) is 7.29. The van der Waals surface area contributed by atoms with Crippen LogP contribution in [0.25, 0.3) is 10.9 Å². The third-order valence-corrected chi connectivity index (χ3v) is 6.36. The van der Waals surface area contributed by atoms with Gasteiger partial charge in [0.15, 0.2) is 0 Å². The summed E-state index contributed by atoms with van der Waals surface area (Å²) in [5.74, 6) is 1.36. The van der Waals surface area contributed by atoms with E-state index in [1.807, 2.05) is 18.3 Å². The number of methoxy groups -OCH3 is 1. The van der Waals surface area contributed by atoms with Gasteiger partial charge in [-0.25, -0.2) is 9.97 Å². The lowest BCUT2D eigenvalue weighted by molar-refractivity contribution is 0.0952. The number of anilines is 2. The van der Waals surface area contributed by atoms with Crippen molar-refractivity contribution in [2.45, 2.75) is 45.4 Å². The lowest BCUT2D eigenvalue weighted by Crippen LogP contribution is -2.26. The molecule has 2 heterocycles. The van der Waals surface area contributed by atoms with Crippen LogP contribution in [0.3, 0.4) is 0 Å². The van der Waals surface area contributed by atoms with E-state index in [4.69, 9.17) is 9.72 Å². The predicted molar refractivity (Wildman–Crippen MR) is 137 cm³/mol. The largest absolute Gasteiger partial charge is 0.495 e. The Bertz CT molecular complexity index is 1130. The molecule has 0 radical (unpaired) electrons. The molecule has 0 saturated carbocycles. The first kappa shape index (κ1) is 24.0. The fourth-order valence-electron chi connectivity index (χ4n) is 4.44. The number of nitrogens with zero attached hydrogens (tertiary/aromatic N) is 3. The molecule has 4 rings (SSSR count). The Balaban J connectivity index is 1.42. The van der Waals surface area contributed by atoms with Crippen LogP contribution < -0.4 is 15.4 Å². The molecule has 0 unspecified atom stereocenters. The van der Waals surface area contributed by atoms with Gasteiger partial charge >= 0.3 is 0 Å². The second kappa shape index (κ2) is 11.3. The average Bonchev–Trinajstić information content (AvgIpc) is 3.36. The minimum atomic E-state index is -0.0894. The molecular formula is C27H35N5O2. The van der Waals surface area contributed by atoms with Gasteiger partial charge < -0.3 is 20.3 Å². The molecule has 0 atom stereocenters. The van der Waals surface area contributed by atoms with Gasteiger partial charge in [0, 0.05) is 23.7 Å². The first-order chi connectivity index (χ1) is 16.5. The average molecular weight is 462 g/mol. The smallest absolute Gasteiger partial charge is 0.251 e. The van der Waals surface area contributed by atoms with Gasteiger partial charge in [-0.05, 0) is 75.0 Å². The molecule has 1 fully saturated rings. The van der Waals surface area contributed by atoms with E-state index in [0.717, 1.165) is 30.3 Å². The highest BCUT2D eigenvalue weighted by atomic mass is 16.5. The number of hydrogen-bond donors (Lipinski definition) is 2. The minimum Gasteiger partial charge on any atom is -0.495 e. The highest BCUT2D eigenvalue weighted by molar-refractivity contribution is 5.95. The molecule has 0 bridgehead atoms. The van der Waals surface area contributed by atoms with E-state index in [1.54, 1.807) is 25.3 Å². The number of para-hydroxylation sites is 1. The monoisotopic (exact) mass is 461 g/mol. The van der Waals surface area contributed by atoms with Crippen LogP contribution in [0.15, 0.2) is 42.6 Å². The quantitative estimate of drug-likeness (QED) is 0.409. The van der Waals surface area contributed by atoms with E-state index in [9.17, 15) is 4.79 Å². The summed E-state index contributed by atoms with van der Waals surface area (Å²) in [6, 6.07) is 11.5. The Hall–Kier alpha value is -3.19. The number of carbonyl (C=O) groups is 1. The minimum absolute atomic E-state index is 0.0894. The van der Waals surface area contributed by atoms with Crippen LogP contribution in [0, 0.1) is 0 Å². The molecule has 1 aliphatic rings. The Kier molecular flexibility index (Phi) is 7.95. The molecule has 1 aromatic heterocycles. The number of hydrogen-bond acceptors (Lipinski definition) is 6. The molecule has 0 spiro atoms. The van der Waals surface area contributed by atoms with Crippen molar-refractivity contribution in [2.75, 3.05) is 38.6 Å². The Morgan fingerprint density at radius 3 is 2.74 bits per heavy atom. The fraction of sp³-hybridized carbons (Fsp3) is 0.444. The maximum absolute atomic E-state index is 12.7. The maximum Gasteiger partial charge on any atom is 0.251 e. The molecule has 7 nitrogen and oxygen atoms in total. The van der Waals surface area contributed by atoms with Crippen molar-refractivity contribution < 1.29 is 9.53 Å². The van der Waals surface area contributed by atoms with Crippen molar-refractivity contribution in [2.24, 2.45) is 0 Å². The van der Waals surface area contributed by atoms with Gasteiger partial charge in [-0.1, -0.05) is 32.0 Å². The molecule has 2 aromatic carbocycles. The molecule has 1 saturated heterocycles. The standard InChI is InChI=1S/C27H35N5O2/c1-19(2)22-10-8-9-21-18-29-27(31-25(21)22)30-23-17-20(11-12-24(23)34-3)26(33)28-13-4-5-14-32-15-6-7-16-32/h8-12,17-19H,4-7,13-16H2,1-3H3,(H,28,33)(H,29,30,31). The zero-order valence-corrected chi connectivity index (χ0v) is 20.4. The lowest BCUT2D eigenvalue weighted by atomic mass is 10.0. The number of ether oxygens (including phenoxy) is 1. The molecular weight excluding hydrogens is 426 g/mol. The van der Waals surface area contributed by atoms with E-state index in [1.165, 1.54) is 31.5 Å². The molecule has 1 aliphatic heterocycles. The molecule has 1 amide bonds. The third kappa shape index (κ3) is 5.83. The van der Waals surface area contributed by atoms with E-state index in [2.05, 4.69) is 40.4 Å². The number of amides is 1. The first-order valence-electron chi connectivity index (χ1n) is 12.3. The van der Waals surface area contributed by atoms with Crippen LogP contribution in [0.1, 0.15) is 61.4 Å². The zero-order valence-electron chi connectivity index (χ0n) is 20.4. The van der Waals surface area contributed by atoms with Crippen molar-refractivity contribution in [3.63, 3.8) is 0 Å². The first-order valence-corrected chi connectivity index (χ1v) is 12.3. The maximum atomic E-state index is 12.7. The molecule has 7 heteroatoms. The second-order valence-electron chi connectivity index (χ2n) is 9.19. The van der Waals surface area contributed by atoms with Gasteiger partial charge in [-0.3, -0.25) is 4.79 Å². The fourth-order valence-corrected chi connectivity index (χ4v) is 4.44. The summed E-state index contributed by atoms with van der Waals surface area (Å²) in [5.41, 5.74) is 3.33. The lowest BCUT2D eigenvalue weighted by Gasteiger charge is -2.15. The van der Waals surface area contributed by atoms with E-state index >= 15 is 0 Å². The molecule has 3 aromatic rings. The number of benzene rings is 2. The van der Waals surface area contributed by atoms with Crippen molar-refractivity contribution in [3.8, 4) is 5.75 Å². The summed E-state index contributed by atoms with van der Waals surface area (Å²) in [6.45, 7) is 8.54. The Labute approximate surface area is 201 Å². The Morgan fingerprint density at radius 2 is 1.97 bits per heavy atom. The van der Waals surface area contributed by atoms with Gasteiger partial charge in [-0.15, -0.1) is 0 Å². The van der Waals surface area contributed by atoms with Gasteiger partial charge in [0.2, 0.25) is 5.95 Å². The molecule has 180 valence electrons. The molecule has 34 heavy (non-hydrogen) atoms. The van der Waals surface area contributed by atoms with Crippen LogP contribution in [0.2, 0.25) is 0 Å². The number of aromatic nitrogens is 2. The highest BCUT2D eigenvalue weighted by Crippen LogP contribution is 2.29. The predicted octanol–water partition coefficient (Wildman–Crippen LogP) is 5.11. The van der Waals surface area contributed by atoms with Crippen molar-refractivity contribution in [1.29, 1.82) is 0 Å². The number of fused-ring (bicyclic) bond motifs is 1. The Morgan fingerprint density at radius 1 is 1.15 bits per heavy atom. The summed E-state index contributed by atoms with van der Waals surface area (Å²) in [6.07, 6.45) is 6.53. The van der Waals surface area contributed by atoms with Gasteiger partial charge in [0.05, 0.1) is 18.3 Å². The highest BCUT2D eigenvalue weighted by Gasteiger charge is 2.14. The van der Waals surface area contributed by atoms with Crippen LogP contribution in [0.5, 0.6) is 5.75 Å². The number of unbranched alkanes of at least 4 members (excludes halogenated alkanes) is 1. The van der Waals surface area contributed by atoms with Crippen molar-refractivity contribution in [3.05, 3.63) is 53.7 Å².